The summed E-state index contributed by atoms with van der Waals surface area (Å²) >= 11 is 1.26. The highest BCUT2D eigenvalue weighted by molar-refractivity contribution is 7.98. The molecule has 108 valence electrons. The number of rotatable bonds is 4. The van der Waals surface area contributed by atoms with Gasteiger partial charge in [0.25, 0.3) is 0 Å². The molecule has 0 amide bonds. The maximum absolute atomic E-state index is 11.8. The van der Waals surface area contributed by atoms with Crippen molar-refractivity contribution in [1.29, 1.82) is 0 Å². The molecule has 0 fully saturated rings. The zero-order valence-corrected chi connectivity index (χ0v) is 11.9. The number of hydrogen-bond donors (Lipinski definition) is 1. The SMILES string of the molecule is Cn1cc(O)n(CSc2nnnn2-c2ccccc2)c1=O. The normalized spacial score (nSPS) is 10.9. The van der Waals surface area contributed by atoms with Gasteiger partial charge in [-0.1, -0.05) is 30.0 Å². The topological polar surface area (TPSA) is 90.8 Å². The van der Waals surface area contributed by atoms with Crippen molar-refractivity contribution in [3.8, 4) is 11.6 Å². The molecular formula is C12H12N6O2S. The Morgan fingerprint density at radius 2 is 2.05 bits per heavy atom. The lowest BCUT2D eigenvalue weighted by atomic mass is 10.3. The fraction of sp³-hybridized carbons (Fsp3) is 0.167. The molecule has 0 aliphatic carbocycles. The molecule has 0 atom stereocenters. The van der Waals surface area contributed by atoms with E-state index in [0.29, 0.717) is 5.16 Å². The number of tetrazole rings is 1. The van der Waals surface area contributed by atoms with Gasteiger partial charge in [-0.25, -0.2) is 4.79 Å². The van der Waals surface area contributed by atoms with Crippen molar-refractivity contribution in [3.05, 3.63) is 47.0 Å². The van der Waals surface area contributed by atoms with Gasteiger partial charge in [-0.05, 0) is 22.6 Å². The lowest BCUT2D eigenvalue weighted by Crippen LogP contribution is -2.21. The van der Waals surface area contributed by atoms with E-state index < -0.39 is 0 Å². The Balaban J connectivity index is 1.84. The molecule has 1 N–H and O–H groups in total. The minimum Gasteiger partial charge on any atom is -0.493 e. The molecule has 2 aromatic heterocycles. The van der Waals surface area contributed by atoms with E-state index in [-0.39, 0.29) is 17.4 Å². The lowest BCUT2D eigenvalue weighted by molar-refractivity contribution is 0.428. The van der Waals surface area contributed by atoms with Gasteiger partial charge < -0.3 is 5.11 Å². The Morgan fingerprint density at radius 3 is 2.71 bits per heavy atom. The van der Waals surface area contributed by atoms with Crippen molar-refractivity contribution >= 4 is 11.8 Å². The molecular weight excluding hydrogens is 292 g/mol. The molecule has 21 heavy (non-hydrogen) atoms. The van der Waals surface area contributed by atoms with Crippen molar-refractivity contribution in [2.24, 2.45) is 7.05 Å². The third-order valence-electron chi connectivity index (χ3n) is 2.88. The number of thioether (sulfide) groups is 1. The third kappa shape index (κ3) is 2.55. The molecule has 3 aromatic rings. The van der Waals surface area contributed by atoms with Crippen molar-refractivity contribution in [2.45, 2.75) is 11.0 Å². The maximum Gasteiger partial charge on any atom is 0.331 e. The molecule has 2 heterocycles. The van der Waals surface area contributed by atoms with Crippen LogP contribution in [0.3, 0.4) is 0 Å². The first-order valence-corrected chi connectivity index (χ1v) is 7.07. The molecule has 9 heteroatoms. The lowest BCUT2D eigenvalue weighted by Gasteiger charge is -2.04. The van der Waals surface area contributed by atoms with Crippen LogP contribution in [-0.2, 0) is 12.9 Å². The van der Waals surface area contributed by atoms with Gasteiger partial charge in [-0.15, -0.1) is 5.10 Å². The molecule has 0 saturated heterocycles. The van der Waals surface area contributed by atoms with Crippen LogP contribution in [0.2, 0.25) is 0 Å². The van der Waals surface area contributed by atoms with Crippen LogP contribution < -0.4 is 5.69 Å². The van der Waals surface area contributed by atoms with Gasteiger partial charge in [0.15, 0.2) is 0 Å². The van der Waals surface area contributed by atoms with E-state index in [4.69, 9.17) is 0 Å². The Kier molecular flexibility index (Phi) is 3.48. The second kappa shape index (κ2) is 5.44. The van der Waals surface area contributed by atoms with E-state index in [9.17, 15) is 9.90 Å². The number of nitrogens with zero attached hydrogens (tertiary/aromatic N) is 6. The quantitative estimate of drug-likeness (QED) is 0.711. The summed E-state index contributed by atoms with van der Waals surface area (Å²) in [6.45, 7) is 0. The van der Waals surface area contributed by atoms with Gasteiger partial charge in [0.05, 0.1) is 17.8 Å². The molecule has 3 rings (SSSR count). The summed E-state index contributed by atoms with van der Waals surface area (Å²) in [6, 6.07) is 9.44. The van der Waals surface area contributed by atoms with E-state index in [2.05, 4.69) is 15.5 Å². The Labute approximate surface area is 123 Å². The number of imidazole rings is 1. The van der Waals surface area contributed by atoms with E-state index in [0.717, 1.165) is 5.69 Å². The maximum atomic E-state index is 11.8. The number of aromatic hydroxyl groups is 1. The fourth-order valence-electron chi connectivity index (χ4n) is 1.83. The highest BCUT2D eigenvalue weighted by Crippen LogP contribution is 2.20. The molecule has 1 aromatic carbocycles. The molecule has 0 aliphatic rings. The van der Waals surface area contributed by atoms with E-state index in [1.807, 2.05) is 30.3 Å². The third-order valence-corrected chi connectivity index (χ3v) is 3.78. The van der Waals surface area contributed by atoms with Crippen LogP contribution in [0.1, 0.15) is 0 Å². The summed E-state index contributed by atoms with van der Waals surface area (Å²) in [4.78, 5) is 11.8. The van der Waals surface area contributed by atoms with Gasteiger partial charge >= 0.3 is 5.69 Å². The van der Waals surface area contributed by atoms with Crippen molar-refractivity contribution in [1.82, 2.24) is 29.3 Å². The van der Waals surface area contributed by atoms with E-state index in [1.165, 1.54) is 27.1 Å². The average Bonchev–Trinajstić information content (AvgIpc) is 3.04. The summed E-state index contributed by atoms with van der Waals surface area (Å²) < 4.78 is 4.14. The Bertz CT molecular complexity index is 807. The monoisotopic (exact) mass is 304 g/mol. The Hall–Kier alpha value is -2.55. The molecule has 0 saturated carbocycles. The first-order chi connectivity index (χ1) is 10.2. The van der Waals surface area contributed by atoms with Gasteiger partial charge in [-0.2, -0.15) is 4.68 Å². The number of aromatic nitrogens is 6. The summed E-state index contributed by atoms with van der Waals surface area (Å²) in [5, 5.41) is 21.7. The smallest absolute Gasteiger partial charge is 0.331 e. The number of para-hydroxylation sites is 1. The van der Waals surface area contributed by atoms with Crippen molar-refractivity contribution in [3.63, 3.8) is 0 Å². The second-order valence-corrected chi connectivity index (χ2v) is 5.20. The van der Waals surface area contributed by atoms with Gasteiger partial charge in [0.2, 0.25) is 11.0 Å². The van der Waals surface area contributed by atoms with Crippen LogP contribution >= 0.6 is 11.8 Å². The van der Waals surface area contributed by atoms with Crippen LogP contribution in [0.25, 0.3) is 5.69 Å². The van der Waals surface area contributed by atoms with Crippen LogP contribution in [0.4, 0.5) is 0 Å². The first-order valence-electron chi connectivity index (χ1n) is 6.08. The Morgan fingerprint density at radius 1 is 1.29 bits per heavy atom. The highest BCUT2D eigenvalue weighted by atomic mass is 32.2. The van der Waals surface area contributed by atoms with Crippen LogP contribution in [0.5, 0.6) is 5.88 Å². The zero-order chi connectivity index (χ0) is 14.8. The molecule has 0 spiro atoms. The molecule has 0 bridgehead atoms. The number of aryl methyl sites for hydroxylation is 1. The van der Waals surface area contributed by atoms with Crippen molar-refractivity contribution < 1.29 is 5.11 Å². The summed E-state index contributed by atoms with van der Waals surface area (Å²) in [7, 11) is 1.58. The minimum absolute atomic E-state index is 0.0891. The van der Waals surface area contributed by atoms with E-state index in [1.54, 1.807) is 11.7 Å². The average molecular weight is 304 g/mol. The largest absolute Gasteiger partial charge is 0.493 e. The molecule has 8 nitrogen and oxygen atoms in total. The van der Waals surface area contributed by atoms with Crippen molar-refractivity contribution in [2.75, 3.05) is 0 Å². The van der Waals surface area contributed by atoms with Crippen LogP contribution in [0.15, 0.2) is 46.5 Å². The van der Waals surface area contributed by atoms with Gasteiger partial charge in [-0.3, -0.25) is 9.13 Å². The molecule has 0 aliphatic heterocycles. The summed E-state index contributed by atoms with van der Waals surface area (Å²) in [5.74, 6) is 0.132. The summed E-state index contributed by atoms with van der Waals surface area (Å²) in [5.41, 5.74) is 0.536. The minimum atomic E-state index is -0.293. The van der Waals surface area contributed by atoms with Gasteiger partial charge in [0.1, 0.15) is 0 Å². The van der Waals surface area contributed by atoms with Crippen LogP contribution in [0, 0.1) is 0 Å². The number of hydrogen-bond acceptors (Lipinski definition) is 6. The predicted octanol–water partition coefficient (Wildman–Crippen LogP) is 0.618. The predicted molar refractivity (Wildman–Crippen MR) is 76.3 cm³/mol. The standard InChI is InChI=1S/C12H12N6O2S/c1-16-7-10(19)17(12(16)20)8-21-11-13-14-15-18(11)9-5-3-2-4-6-9/h2-7,19H,8H2,1H3. The van der Waals surface area contributed by atoms with E-state index >= 15 is 0 Å². The molecule has 0 unspecified atom stereocenters. The first kappa shape index (κ1) is 13.4. The molecule has 0 radical (unpaired) electrons. The second-order valence-electron chi connectivity index (χ2n) is 4.29. The van der Waals surface area contributed by atoms with Gasteiger partial charge in [0, 0.05) is 7.05 Å². The number of benzene rings is 1. The van der Waals surface area contributed by atoms with Crippen LogP contribution in [-0.4, -0.2) is 34.4 Å². The highest BCUT2D eigenvalue weighted by Gasteiger charge is 2.12. The summed E-state index contributed by atoms with van der Waals surface area (Å²) in [6.07, 6.45) is 1.36. The zero-order valence-electron chi connectivity index (χ0n) is 11.1. The fourth-order valence-corrected chi connectivity index (χ4v) is 2.68.